The van der Waals surface area contributed by atoms with E-state index in [-0.39, 0.29) is 0 Å². The van der Waals surface area contributed by atoms with Gasteiger partial charge in [0.2, 0.25) is 0 Å². The topological polar surface area (TPSA) is 33.3 Å². The Morgan fingerprint density at radius 1 is 1.44 bits per heavy atom. The molecule has 0 aromatic heterocycles. The molecule has 1 atom stereocenters. The fraction of sp³-hybridized carbons (Fsp3) is 0.571. The zero-order valence-electron chi connectivity index (χ0n) is 10.8. The van der Waals surface area contributed by atoms with E-state index in [0.29, 0.717) is 6.04 Å². The van der Waals surface area contributed by atoms with Crippen LogP contribution in [0, 0.1) is 0 Å². The largest absolute Gasteiger partial charge is 0.496 e. The maximum absolute atomic E-state index is 5.21. The van der Waals surface area contributed by atoms with E-state index in [4.69, 9.17) is 4.74 Å². The highest BCUT2D eigenvalue weighted by Crippen LogP contribution is 2.27. The predicted molar refractivity (Wildman–Crippen MR) is 79.4 cm³/mol. The molecule has 1 aliphatic rings. The van der Waals surface area contributed by atoms with Gasteiger partial charge in [-0.3, -0.25) is 0 Å². The third kappa shape index (κ3) is 3.89. The molecule has 1 heterocycles. The molecule has 1 aromatic carbocycles. The molecule has 18 heavy (non-hydrogen) atoms. The molecule has 0 radical (unpaired) electrons. The van der Waals surface area contributed by atoms with Gasteiger partial charge in [0.25, 0.3) is 0 Å². The van der Waals surface area contributed by atoms with Crippen LogP contribution in [0.1, 0.15) is 25.7 Å². The van der Waals surface area contributed by atoms with Gasteiger partial charge in [0.05, 0.1) is 11.6 Å². The summed E-state index contributed by atoms with van der Waals surface area (Å²) in [4.78, 5) is 0. The van der Waals surface area contributed by atoms with Gasteiger partial charge in [0, 0.05) is 18.3 Å². The summed E-state index contributed by atoms with van der Waals surface area (Å²) in [5, 5.41) is 7.02. The Hall–Kier alpha value is -0.740. The number of rotatable bonds is 5. The van der Waals surface area contributed by atoms with Crippen LogP contribution in [-0.2, 0) is 0 Å². The van der Waals surface area contributed by atoms with E-state index >= 15 is 0 Å². The lowest BCUT2D eigenvalue weighted by molar-refractivity contribution is 0.389. The molecule has 2 N–H and O–H groups in total. The van der Waals surface area contributed by atoms with Crippen molar-refractivity contribution < 1.29 is 4.74 Å². The summed E-state index contributed by atoms with van der Waals surface area (Å²) in [5.41, 5.74) is 1.14. The lowest BCUT2D eigenvalue weighted by atomic mass is 10.0. The summed E-state index contributed by atoms with van der Waals surface area (Å²) in [6, 6.07) is 6.78. The first-order chi connectivity index (χ1) is 8.79. The van der Waals surface area contributed by atoms with E-state index in [1.54, 1.807) is 7.11 Å². The lowest BCUT2D eigenvalue weighted by Gasteiger charge is -2.23. The van der Waals surface area contributed by atoms with Crippen LogP contribution in [0.3, 0.4) is 0 Å². The summed E-state index contributed by atoms with van der Waals surface area (Å²) < 4.78 is 6.21. The zero-order valence-corrected chi connectivity index (χ0v) is 12.4. The van der Waals surface area contributed by atoms with E-state index in [2.05, 4.69) is 38.7 Å². The van der Waals surface area contributed by atoms with Crippen molar-refractivity contribution in [1.82, 2.24) is 5.32 Å². The maximum atomic E-state index is 5.21. The molecule has 0 amide bonds. The average Bonchev–Trinajstić information content (AvgIpc) is 2.40. The number of methoxy groups -OCH3 is 1. The number of halogens is 1. The van der Waals surface area contributed by atoms with Crippen molar-refractivity contribution in [3.8, 4) is 5.75 Å². The molecule has 0 spiro atoms. The first kappa shape index (κ1) is 13.7. The van der Waals surface area contributed by atoms with Gasteiger partial charge in [-0.1, -0.05) is 6.42 Å². The van der Waals surface area contributed by atoms with Crippen molar-refractivity contribution in [1.29, 1.82) is 0 Å². The van der Waals surface area contributed by atoms with Crippen molar-refractivity contribution in [2.75, 3.05) is 25.5 Å². The number of hydrogen-bond donors (Lipinski definition) is 2. The standard InChI is InChI=1S/C14H21BrN2O/c1-18-14-6-5-12(10-13(14)15)17-9-7-11-4-2-3-8-16-11/h5-6,10-11,16-17H,2-4,7-9H2,1H3. The van der Waals surface area contributed by atoms with Crippen molar-refractivity contribution >= 4 is 21.6 Å². The number of benzene rings is 1. The molecule has 0 bridgehead atoms. The van der Waals surface area contributed by atoms with Crippen LogP contribution >= 0.6 is 15.9 Å². The van der Waals surface area contributed by atoms with Gasteiger partial charge < -0.3 is 15.4 Å². The molecule has 2 rings (SSSR count). The van der Waals surface area contributed by atoms with Crippen LogP contribution < -0.4 is 15.4 Å². The Balaban J connectivity index is 1.77. The Kier molecular flexibility index (Phi) is 5.32. The summed E-state index contributed by atoms with van der Waals surface area (Å²) >= 11 is 3.50. The number of hydrogen-bond acceptors (Lipinski definition) is 3. The van der Waals surface area contributed by atoms with Crippen molar-refractivity contribution in [3.05, 3.63) is 22.7 Å². The van der Waals surface area contributed by atoms with Gasteiger partial charge in [-0.25, -0.2) is 0 Å². The summed E-state index contributed by atoms with van der Waals surface area (Å²) in [5.74, 6) is 0.870. The van der Waals surface area contributed by atoms with E-state index in [0.717, 1.165) is 22.5 Å². The van der Waals surface area contributed by atoms with E-state index in [1.807, 2.05) is 6.07 Å². The predicted octanol–water partition coefficient (Wildman–Crippen LogP) is 3.40. The highest BCUT2D eigenvalue weighted by atomic mass is 79.9. The highest BCUT2D eigenvalue weighted by Gasteiger charge is 2.11. The third-order valence-electron chi connectivity index (χ3n) is 3.39. The van der Waals surface area contributed by atoms with Crippen molar-refractivity contribution in [3.63, 3.8) is 0 Å². The fourth-order valence-electron chi connectivity index (χ4n) is 2.34. The SMILES string of the molecule is COc1ccc(NCCC2CCCCN2)cc1Br. The summed E-state index contributed by atoms with van der Waals surface area (Å²) in [7, 11) is 1.68. The first-order valence-corrected chi connectivity index (χ1v) is 7.39. The fourth-order valence-corrected chi connectivity index (χ4v) is 2.88. The second kappa shape index (κ2) is 7.00. The van der Waals surface area contributed by atoms with Gasteiger partial charge in [0.1, 0.15) is 5.75 Å². The Labute approximate surface area is 117 Å². The molecule has 4 heteroatoms. The highest BCUT2D eigenvalue weighted by molar-refractivity contribution is 9.10. The normalized spacial score (nSPS) is 19.6. The third-order valence-corrected chi connectivity index (χ3v) is 4.01. The molecule has 1 aliphatic heterocycles. The van der Waals surface area contributed by atoms with Gasteiger partial charge >= 0.3 is 0 Å². The Morgan fingerprint density at radius 3 is 3.00 bits per heavy atom. The van der Waals surface area contributed by atoms with Crippen LogP contribution in [0.5, 0.6) is 5.75 Å². The molecule has 1 fully saturated rings. The van der Waals surface area contributed by atoms with E-state index in [1.165, 1.54) is 32.2 Å². The van der Waals surface area contributed by atoms with Crippen molar-refractivity contribution in [2.45, 2.75) is 31.7 Å². The molecule has 100 valence electrons. The monoisotopic (exact) mass is 312 g/mol. The number of nitrogens with one attached hydrogen (secondary N) is 2. The van der Waals surface area contributed by atoms with Gasteiger partial charge in [-0.05, 0) is 59.9 Å². The number of piperidine rings is 1. The summed E-state index contributed by atoms with van der Waals surface area (Å²) in [6.07, 6.45) is 5.19. The Morgan fingerprint density at radius 2 is 2.33 bits per heavy atom. The molecular weight excluding hydrogens is 292 g/mol. The van der Waals surface area contributed by atoms with Gasteiger partial charge in [-0.2, -0.15) is 0 Å². The van der Waals surface area contributed by atoms with Crippen LogP contribution in [0.2, 0.25) is 0 Å². The molecule has 1 unspecified atom stereocenters. The maximum Gasteiger partial charge on any atom is 0.133 e. The summed E-state index contributed by atoms with van der Waals surface area (Å²) in [6.45, 7) is 2.19. The molecular formula is C14H21BrN2O. The molecule has 0 aliphatic carbocycles. The van der Waals surface area contributed by atoms with Gasteiger partial charge in [0.15, 0.2) is 0 Å². The number of anilines is 1. The minimum atomic E-state index is 0.688. The molecule has 0 saturated carbocycles. The Bertz CT molecular complexity index is 378. The minimum absolute atomic E-state index is 0.688. The van der Waals surface area contributed by atoms with Crippen LogP contribution in [0.15, 0.2) is 22.7 Å². The minimum Gasteiger partial charge on any atom is -0.496 e. The van der Waals surface area contributed by atoms with Crippen LogP contribution in [-0.4, -0.2) is 26.2 Å². The molecule has 1 aromatic rings. The number of ether oxygens (including phenoxy) is 1. The zero-order chi connectivity index (χ0) is 12.8. The second-order valence-corrected chi connectivity index (χ2v) is 5.57. The van der Waals surface area contributed by atoms with Gasteiger partial charge in [-0.15, -0.1) is 0 Å². The average molecular weight is 313 g/mol. The molecule has 3 nitrogen and oxygen atoms in total. The first-order valence-electron chi connectivity index (χ1n) is 6.60. The van der Waals surface area contributed by atoms with Crippen molar-refractivity contribution in [2.24, 2.45) is 0 Å². The van der Waals surface area contributed by atoms with E-state index in [9.17, 15) is 0 Å². The second-order valence-electron chi connectivity index (χ2n) is 4.71. The smallest absolute Gasteiger partial charge is 0.133 e. The lowest BCUT2D eigenvalue weighted by Crippen LogP contribution is -2.35. The van der Waals surface area contributed by atoms with E-state index < -0.39 is 0 Å². The van der Waals surface area contributed by atoms with Crippen LogP contribution in [0.25, 0.3) is 0 Å². The molecule has 1 saturated heterocycles. The van der Waals surface area contributed by atoms with Crippen LogP contribution in [0.4, 0.5) is 5.69 Å². The quantitative estimate of drug-likeness (QED) is 0.874.